The quantitative estimate of drug-likeness (QED) is 0.556. The van der Waals surface area contributed by atoms with Crippen LogP contribution in [0.25, 0.3) is 0 Å². The maximum absolute atomic E-state index is 10.6. The van der Waals surface area contributed by atoms with E-state index in [4.69, 9.17) is 0 Å². The molecule has 1 saturated carbocycles. The number of rotatable bonds is 2. The second-order valence-electron chi connectivity index (χ2n) is 2.32. The summed E-state index contributed by atoms with van der Waals surface area (Å²) in [6.45, 7) is 0. The third-order valence-electron chi connectivity index (χ3n) is 1.45. The molecule has 2 nitrogen and oxygen atoms in total. The normalized spacial score (nSPS) is 18.1. The molecule has 1 fully saturated rings. The molecule has 1 rings (SSSR count). The summed E-state index contributed by atoms with van der Waals surface area (Å²) < 4.78 is 0. The highest BCUT2D eigenvalue weighted by Gasteiger charge is 2.23. The molecule has 0 aliphatic heterocycles. The van der Waals surface area contributed by atoms with Crippen LogP contribution >= 0.6 is 0 Å². The van der Waals surface area contributed by atoms with Gasteiger partial charge in [-0.2, -0.15) is 0 Å². The fourth-order valence-corrected chi connectivity index (χ4v) is 0.686. The van der Waals surface area contributed by atoms with E-state index in [2.05, 4.69) is 5.32 Å². The molecule has 0 atom stereocenters. The van der Waals surface area contributed by atoms with Crippen molar-refractivity contribution >= 4 is 5.91 Å². The summed E-state index contributed by atoms with van der Waals surface area (Å²) in [5, 5.41) is 2.60. The van der Waals surface area contributed by atoms with Gasteiger partial charge in [0.2, 0.25) is 5.91 Å². The molecule has 1 N–H and O–H groups in total. The Bertz CT molecular complexity index is 96.7. The van der Waals surface area contributed by atoms with Gasteiger partial charge in [0.05, 0.1) is 0 Å². The van der Waals surface area contributed by atoms with Gasteiger partial charge in [-0.1, -0.05) is 0 Å². The van der Waals surface area contributed by atoms with E-state index in [1.807, 2.05) is 0 Å². The number of amides is 1. The summed E-state index contributed by atoms with van der Waals surface area (Å²) in [5.74, 6) is 0.905. The topological polar surface area (TPSA) is 29.1 Å². The number of carbonyl (C=O) groups is 1. The standard InChI is InChI=1S/C6H11NO/c1-7-6(8)4-5-2-3-5/h5H,2-4H2,1H3,(H,7,8). The van der Waals surface area contributed by atoms with Crippen LogP contribution in [0.3, 0.4) is 0 Å². The van der Waals surface area contributed by atoms with Gasteiger partial charge in [-0.25, -0.2) is 0 Å². The van der Waals surface area contributed by atoms with Crippen molar-refractivity contribution in [2.75, 3.05) is 7.05 Å². The molecule has 0 bridgehead atoms. The Morgan fingerprint density at radius 3 is 2.75 bits per heavy atom. The third kappa shape index (κ3) is 1.52. The van der Waals surface area contributed by atoms with E-state index in [1.165, 1.54) is 12.8 Å². The van der Waals surface area contributed by atoms with Crippen molar-refractivity contribution in [3.63, 3.8) is 0 Å². The Balaban J connectivity index is 2.07. The zero-order valence-corrected chi connectivity index (χ0v) is 5.11. The highest BCUT2D eigenvalue weighted by Crippen LogP contribution is 2.31. The highest BCUT2D eigenvalue weighted by atomic mass is 16.1. The van der Waals surface area contributed by atoms with Crippen LogP contribution in [0.5, 0.6) is 0 Å². The highest BCUT2D eigenvalue weighted by molar-refractivity contribution is 5.76. The van der Waals surface area contributed by atoms with Crippen molar-refractivity contribution in [1.29, 1.82) is 0 Å². The van der Waals surface area contributed by atoms with Crippen LogP contribution in [-0.2, 0) is 4.79 Å². The van der Waals surface area contributed by atoms with Crippen LogP contribution in [0.2, 0.25) is 0 Å². The maximum atomic E-state index is 10.6. The molecule has 0 aromatic rings. The number of hydrogen-bond donors (Lipinski definition) is 1. The van der Waals surface area contributed by atoms with Crippen LogP contribution in [0, 0.1) is 5.92 Å². The lowest BCUT2D eigenvalue weighted by molar-refractivity contribution is -0.120. The first-order valence-electron chi connectivity index (χ1n) is 3.03. The number of carbonyl (C=O) groups excluding carboxylic acids is 1. The SMILES string of the molecule is CNC(=O)CC1CC1. The van der Waals surface area contributed by atoms with Gasteiger partial charge in [-0.05, 0) is 18.8 Å². The number of nitrogens with one attached hydrogen (secondary N) is 1. The van der Waals surface area contributed by atoms with E-state index >= 15 is 0 Å². The average molecular weight is 113 g/mol. The Labute approximate surface area is 49.3 Å². The molecular formula is C6H11NO. The summed E-state index contributed by atoms with van der Waals surface area (Å²) >= 11 is 0. The van der Waals surface area contributed by atoms with Crippen molar-refractivity contribution in [2.45, 2.75) is 19.3 Å². The first-order chi connectivity index (χ1) is 3.83. The van der Waals surface area contributed by atoms with Crippen molar-refractivity contribution < 1.29 is 4.79 Å². The summed E-state index contributed by atoms with van der Waals surface area (Å²) in [7, 11) is 1.69. The zero-order chi connectivity index (χ0) is 5.98. The Kier molecular flexibility index (Phi) is 1.51. The molecule has 8 heavy (non-hydrogen) atoms. The summed E-state index contributed by atoms with van der Waals surface area (Å²) in [6, 6.07) is 0. The van der Waals surface area contributed by atoms with Crippen molar-refractivity contribution in [3.05, 3.63) is 0 Å². The summed E-state index contributed by atoms with van der Waals surface area (Å²) in [5.41, 5.74) is 0. The van der Waals surface area contributed by atoms with E-state index < -0.39 is 0 Å². The van der Waals surface area contributed by atoms with Gasteiger partial charge >= 0.3 is 0 Å². The molecule has 0 saturated heterocycles. The van der Waals surface area contributed by atoms with Gasteiger partial charge in [-0.3, -0.25) is 4.79 Å². The average Bonchev–Trinajstić information content (AvgIpc) is 2.50. The van der Waals surface area contributed by atoms with Gasteiger partial charge in [0.25, 0.3) is 0 Å². The van der Waals surface area contributed by atoms with Gasteiger partial charge in [0.1, 0.15) is 0 Å². The van der Waals surface area contributed by atoms with E-state index in [1.54, 1.807) is 7.05 Å². The maximum Gasteiger partial charge on any atom is 0.220 e. The molecule has 0 aromatic carbocycles. The Hall–Kier alpha value is -0.530. The minimum absolute atomic E-state index is 0.188. The lowest BCUT2D eigenvalue weighted by Gasteiger charge is -1.93. The fraction of sp³-hybridized carbons (Fsp3) is 0.833. The molecule has 0 heterocycles. The molecule has 0 unspecified atom stereocenters. The molecule has 1 amide bonds. The van der Waals surface area contributed by atoms with Crippen LogP contribution in [0.4, 0.5) is 0 Å². The van der Waals surface area contributed by atoms with Gasteiger partial charge < -0.3 is 5.32 Å². The predicted molar refractivity (Wildman–Crippen MR) is 31.4 cm³/mol. The van der Waals surface area contributed by atoms with E-state index in [0.717, 1.165) is 12.3 Å². The fourth-order valence-electron chi connectivity index (χ4n) is 0.686. The smallest absolute Gasteiger partial charge is 0.220 e. The molecular weight excluding hydrogens is 102 g/mol. The summed E-state index contributed by atoms with van der Waals surface area (Å²) in [4.78, 5) is 10.6. The number of hydrogen-bond acceptors (Lipinski definition) is 1. The van der Waals surface area contributed by atoms with Crippen molar-refractivity contribution in [1.82, 2.24) is 5.32 Å². The second-order valence-corrected chi connectivity index (χ2v) is 2.32. The molecule has 0 spiro atoms. The second kappa shape index (κ2) is 2.16. The van der Waals surface area contributed by atoms with Gasteiger partial charge in [-0.15, -0.1) is 0 Å². The lowest BCUT2D eigenvalue weighted by atomic mass is 10.3. The van der Waals surface area contributed by atoms with Crippen molar-refractivity contribution in [3.8, 4) is 0 Å². The monoisotopic (exact) mass is 113 g/mol. The predicted octanol–water partition coefficient (Wildman–Crippen LogP) is 0.532. The van der Waals surface area contributed by atoms with E-state index in [-0.39, 0.29) is 5.91 Å². The minimum atomic E-state index is 0.188. The van der Waals surface area contributed by atoms with Crippen LogP contribution in [0.15, 0.2) is 0 Å². The Morgan fingerprint density at radius 2 is 2.38 bits per heavy atom. The van der Waals surface area contributed by atoms with Crippen LogP contribution in [-0.4, -0.2) is 13.0 Å². The van der Waals surface area contributed by atoms with Crippen LogP contribution in [0.1, 0.15) is 19.3 Å². The molecule has 46 valence electrons. The molecule has 0 radical (unpaired) electrons. The van der Waals surface area contributed by atoms with Gasteiger partial charge in [0, 0.05) is 13.5 Å². The Morgan fingerprint density at radius 1 is 1.75 bits per heavy atom. The third-order valence-corrected chi connectivity index (χ3v) is 1.45. The van der Waals surface area contributed by atoms with E-state index in [0.29, 0.717) is 0 Å². The van der Waals surface area contributed by atoms with E-state index in [9.17, 15) is 4.79 Å². The van der Waals surface area contributed by atoms with Crippen LogP contribution < -0.4 is 5.32 Å². The molecule has 0 aromatic heterocycles. The minimum Gasteiger partial charge on any atom is -0.359 e. The molecule has 1 aliphatic rings. The largest absolute Gasteiger partial charge is 0.359 e. The van der Waals surface area contributed by atoms with Crippen molar-refractivity contribution in [2.24, 2.45) is 5.92 Å². The molecule has 1 aliphatic carbocycles. The van der Waals surface area contributed by atoms with Gasteiger partial charge in [0.15, 0.2) is 0 Å². The first-order valence-corrected chi connectivity index (χ1v) is 3.03. The molecule has 2 heteroatoms. The zero-order valence-electron chi connectivity index (χ0n) is 5.11. The first kappa shape index (κ1) is 5.60. The lowest BCUT2D eigenvalue weighted by Crippen LogP contribution is -2.17. The summed E-state index contributed by atoms with van der Waals surface area (Å²) in [6.07, 6.45) is 3.26.